The molecule has 0 aliphatic heterocycles. The Labute approximate surface area is 168 Å². The molecule has 3 heterocycles. The van der Waals surface area contributed by atoms with Crippen LogP contribution in [0.5, 0.6) is 5.75 Å². The van der Waals surface area contributed by atoms with Gasteiger partial charge in [0.2, 0.25) is 0 Å². The third kappa shape index (κ3) is 3.56. The fourth-order valence-corrected chi connectivity index (χ4v) is 3.22. The lowest BCUT2D eigenvalue weighted by Crippen LogP contribution is -2.27. The molecule has 1 amide bonds. The number of hydrogen-bond acceptors (Lipinski definition) is 5. The van der Waals surface area contributed by atoms with Gasteiger partial charge in [0.05, 0.1) is 41.7 Å². The Balaban J connectivity index is 1.73. The number of nitrogens with one attached hydrogen (secondary N) is 1. The highest BCUT2D eigenvalue weighted by Gasteiger charge is 2.19. The van der Waals surface area contributed by atoms with Crippen LogP contribution in [0.2, 0.25) is 0 Å². The molecule has 1 atom stereocenters. The van der Waals surface area contributed by atoms with Crippen LogP contribution in [0.3, 0.4) is 0 Å². The van der Waals surface area contributed by atoms with Crippen molar-refractivity contribution in [2.45, 2.75) is 13.0 Å². The lowest BCUT2D eigenvalue weighted by atomic mass is 10.1. The Bertz CT molecular complexity index is 1180. The molecule has 0 saturated heterocycles. The number of aryl methyl sites for hydroxylation is 2. The monoisotopic (exact) mass is 390 g/mol. The number of ether oxygens (including phenoxy) is 1. The number of nitrogens with zero attached hydrogens (tertiary/aromatic N) is 5. The van der Waals surface area contributed by atoms with Crippen LogP contribution in [0.15, 0.2) is 48.8 Å². The van der Waals surface area contributed by atoms with Gasteiger partial charge in [-0.15, -0.1) is 0 Å². The van der Waals surface area contributed by atoms with Crippen molar-refractivity contribution in [1.29, 1.82) is 0 Å². The first kappa shape index (κ1) is 18.7. The molecule has 0 saturated carbocycles. The number of aromatic nitrogens is 5. The van der Waals surface area contributed by atoms with Crippen molar-refractivity contribution < 1.29 is 9.53 Å². The van der Waals surface area contributed by atoms with Gasteiger partial charge in [-0.05, 0) is 43.3 Å². The van der Waals surface area contributed by atoms with Crippen LogP contribution in [0.4, 0.5) is 0 Å². The van der Waals surface area contributed by atoms with Crippen molar-refractivity contribution in [3.8, 4) is 17.0 Å². The number of rotatable bonds is 5. The van der Waals surface area contributed by atoms with Crippen molar-refractivity contribution in [1.82, 2.24) is 29.9 Å². The maximum atomic E-state index is 13.1. The largest absolute Gasteiger partial charge is 0.497 e. The lowest BCUT2D eigenvalue weighted by Gasteiger charge is -2.13. The molecule has 0 spiro atoms. The van der Waals surface area contributed by atoms with Crippen LogP contribution >= 0.6 is 0 Å². The molecule has 0 aliphatic rings. The predicted molar refractivity (Wildman–Crippen MR) is 110 cm³/mol. The van der Waals surface area contributed by atoms with Crippen LogP contribution < -0.4 is 10.1 Å². The third-order valence-electron chi connectivity index (χ3n) is 4.86. The molecule has 8 nitrogen and oxygen atoms in total. The minimum Gasteiger partial charge on any atom is -0.497 e. The second kappa shape index (κ2) is 7.38. The second-order valence-corrected chi connectivity index (χ2v) is 6.90. The Kier molecular flexibility index (Phi) is 4.75. The summed E-state index contributed by atoms with van der Waals surface area (Å²) in [6.07, 6.45) is 3.52. The summed E-state index contributed by atoms with van der Waals surface area (Å²) in [4.78, 5) is 17.8. The molecule has 4 rings (SSSR count). The van der Waals surface area contributed by atoms with Crippen molar-refractivity contribution in [3.05, 3.63) is 60.0 Å². The first-order valence-electron chi connectivity index (χ1n) is 9.24. The number of amides is 1. The van der Waals surface area contributed by atoms with Gasteiger partial charge in [-0.1, -0.05) is 0 Å². The summed E-state index contributed by atoms with van der Waals surface area (Å²) in [6, 6.07) is 11.0. The number of methoxy groups -OCH3 is 1. The normalized spacial score (nSPS) is 12.1. The van der Waals surface area contributed by atoms with Gasteiger partial charge in [0.15, 0.2) is 5.65 Å². The van der Waals surface area contributed by atoms with Gasteiger partial charge in [-0.25, -0.2) is 4.98 Å². The first-order valence-corrected chi connectivity index (χ1v) is 9.24. The summed E-state index contributed by atoms with van der Waals surface area (Å²) < 4.78 is 8.61. The van der Waals surface area contributed by atoms with Gasteiger partial charge in [0.1, 0.15) is 5.75 Å². The Hall–Kier alpha value is -3.68. The van der Waals surface area contributed by atoms with Crippen LogP contribution in [-0.2, 0) is 14.1 Å². The summed E-state index contributed by atoms with van der Waals surface area (Å²) >= 11 is 0. The summed E-state index contributed by atoms with van der Waals surface area (Å²) in [5.41, 5.74) is 3.55. The molecule has 0 fully saturated rings. The summed E-state index contributed by atoms with van der Waals surface area (Å²) in [5, 5.41) is 12.4. The molecule has 3 aromatic heterocycles. The van der Waals surface area contributed by atoms with Crippen molar-refractivity contribution in [3.63, 3.8) is 0 Å². The van der Waals surface area contributed by atoms with Crippen molar-refractivity contribution >= 4 is 16.9 Å². The van der Waals surface area contributed by atoms with Crippen LogP contribution in [0.1, 0.15) is 29.0 Å². The molecule has 0 radical (unpaired) electrons. The minimum atomic E-state index is -0.229. The van der Waals surface area contributed by atoms with E-state index in [0.29, 0.717) is 22.3 Å². The molecule has 0 aliphatic carbocycles. The SMILES string of the molecule is COc1ccc(-c2cc(C(=O)NC(C)c3ccn(C)n3)c3cnn(C)c3n2)cc1. The quantitative estimate of drug-likeness (QED) is 0.566. The molecular formula is C21H22N6O2. The third-order valence-corrected chi connectivity index (χ3v) is 4.86. The van der Waals surface area contributed by atoms with Gasteiger partial charge < -0.3 is 10.1 Å². The maximum Gasteiger partial charge on any atom is 0.252 e. The molecule has 1 unspecified atom stereocenters. The second-order valence-electron chi connectivity index (χ2n) is 6.90. The molecule has 29 heavy (non-hydrogen) atoms. The van der Waals surface area contributed by atoms with Gasteiger partial charge in [0.25, 0.3) is 5.91 Å². The average molecular weight is 390 g/mol. The summed E-state index contributed by atoms with van der Waals surface area (Å²) in [6.45, 7) is 1.91. The fraction of sp³-hybridized carbons (Fsp3) is 0.238. The zero-order valence-electron chi connectivity index (χ0n) is 16.7. The lowest BCUT2D eigenvalue weighted by molar-refractivity contribution is 0.0940. The molecule has 148 valence electrons. The average Bonchev–Trinajstić information content (AvgIpc) is 3.33. The fourth-order valence-electron chi connectivity index (χ4n) is 3.22. The first-order chi connectivity index (χ1) is 14.0. The van der Waals surface area contributed by atoms with Crippen LogP contribution in [-0.4, -0.2) is 37.6 Å². The maximum absolute atomic E-state index is 13.1. The van der Waals surface area contributed by atoms with E-state index in [1.165, 1.54) is 0 Å². The Morgan fingerprint density at radius 1 is 1.17 bits per heavy atom. The Morgan fingerprint density at radius 2 is 1.93 bits per heavy atom. The summed E-state index contributed by atoms with van der Waals surface area (Å²) in [5.74, 6) is 0.566. The van der Waals surface area contributed by atoms with E-state index >= 15 is 0 Å². The number of fused-ring (bicyclic) bond motifs is 1. The number of carbonyl (C=O) groups is 1. The predicted octanol–water partition coefficient (Wildman–Crippen LogP) is 2.87. The van der Waals surface area contributed by atoms with Gasteiger partial charge in [-0.2, -0.15) is 10.2 Å². The van der Waals surface area contributed by atoms with Gasteiger partial charge in [0, 0.05) is 25.9 Å². The molecular weight excluding hydrogens is 368 g/mol. The van der Waals surface area contributed by atoms with Crippen LogP contribution in [0.25, 0.3) is 22.3 Å². The van der Waals surface area contributed by atoms with E-state index < -0.39 is 0 Å². The number of benzene rings is 1. The summed E-state index contributed by atoms with van der Waals surface area (Å²) in [7, 11) is 5.28. The number of pyridine rings is 1. The van der Waals surface area contributed by atoms with E-state index in [1.54, 1.807) is 28.7 Å². The van der Waals surface area contributed by atoms with Crippen LogP contribution in [0, 0.1) is 0 Å². The molecule has 1 aromatic carbocycles. The molecule has 4 aromatic rings. The van der Waals surface area contributed by atoms with E-state index in [9.17, 15) is 4.79 Å². The number of carbonyl (C=O) groups excluding carboxylic acids is 1. The highest BCUT2D eigenvalue weighted by Crippen LogP contribution is 2.26. The van der Waals surface area contributed by atoms with E-state index in [1.807, 2.05) is 57.5 Å². The van der Waals surface area contributed by atoms with E-state index in [-0.39, 0.29) is 11.9 Å². The standard InChI is InChI=1S/C21H22N6O2/c1-13(18-9-10-26(2)25-18)23-21(28)16-11-19(14-5-7-15(29-4)8-6-14)24-20-17(16)12-22-27(20)3/h5-13H,1-4H3,(H,23,28). The Morgan fingerprint density at radius 3 is 2.59 bits per heavy atom. The molecule has 1 N–H and O–H groups in total. The van der Waals surface area contributed by atoms with E-state index in [2.05, 4.69) is 15.5 Å². The van der Waals surface area contributed by atoms with Gasteiger partial charge >= 0.3 is 0 Å². The molecule has 0 bridgehead atoms. The van der Waals surface area contributed by atoms with Gasteiger partial charge in [-0.3, -0.25) is 14.2 Å². The zero-order valence-corrected chi connectivity index (χ0v) is 16.7. The topological polar surface area (TPSA) is 86.9 Å². The highest BCUT2D eigenvalue weighted by molar-refractivity contribution is 6.06. The van der Waals surface area contributed by atoms with E-state index in [4.69, 9.17) is 9.72 Å². The minimum absolute atomic E-state index is 0.196. The van der Waals surface area contributed by atoms with Crippen molar-refractivity contribution in [2.24, 2.45) is 14.1 Å². The molecule has 8 heteroatoms. The highest BCUT2D eigenvalue weighted by atomic mass is 16.5. The number of hydrogen-bond donors (Lipinski definition) is 1. The van der Waals surface area contributed by atoms with Crippen molar-refractivity contribution in [2.75, 3.05) is 7.11 Å². The van der Waals surface area contributed by atoms with E-state index in [0.717, 1.165) is 17.0 Å². The smallest absolute Gasteiger partial charge is 0.252 e. The zero-order chi connectivity index (χ0) is 20.5.